The Kier molecular flexibility index (Phi) is 4.50. The van der Waals surface area contributed by atoms with Crippen LogP contribution in [0.15, 0.2) is 53.2 Å². The largest absolute Gasteiger partial charge is 0.453 e. The molecule has 0 aliphatic heterocycles. The van der Waals surface area contributed by atoms with Crippen molar-refractivity contribution < 1.29 is 4.42 Å². The number of aromatic nitrogens is 3. The van der Waals surface area contributed by atoms with E-state index in [0.717, 1.165) is 47.2 Å². The summed E-state index contributed by atoms with van der Waals surface area (Å²) in [7, 11) is 4.15. The SMILES string of the molecule is CN(C)CCCNc1nc(-c2cc3ccccc3o2)nc2ccncc12. The van der Waals surface area contributed by atoms with E-state index in [2.05, 4.69) is 34.3 Å². The Morgan fingerprint density at radius 2 is 2.00 bits per heavy atom. The summed E-state index contributed by atoms with van der Waals surface area (Å²) in [6.45, 7) is 1.85. The summed E-state index contributed by atoms with van der Waals surface area (Å²) in [6, 6.07) is 11.8. The van der Waals surface area contributed by atoms with Crippen LogP contribution in [-0.2, 0) is 0 Å². The maximum absolute atomic E-state index is 5.94. The molecule has 26 heavy (non-hydrogen) atoms. The normalized spacial score (nSPS) is 11.5. The van der Waals surface area contributed by atoms with Crippen LogP contribution in [0, 0.1) is 0 Å². The molecule has 3 heterocycles. The highest BCUT2D eigenvalue weighted by molar-refractivity contribution is 5.90. The van der Waals surface area contributed by atoms with Crippen LogP contribution >= 0.6 is 0 Å². The molecule has 3 aromatic heterocycles. The van der Waals surface area contributed by atoms with E-state index in [1.165, 1.54) is 0 Å². The standard InChI is InChI=1S/C20H21N5O/c1-25(2)11-5-9-22-19-15-13-21-10-8-16(15)23-20(24-19)18-12-14-6-3-4-7-17(14)26-18/h3-4,6-8,10,12-13H,5,9,11H2,1-2H3,(H,22,23,24). The lowest BCUT2D eigenvalue weighted by Gasteiger charge is -2.12. The lowest BCUT2D eigenvalue weighted by atomic mass is 10.2. The number of furan rings is 1. The second-order valence-electron chi connectivity index (χ2n) is 6.52. The van der Waals surface area contributed by atoms with Crippen molar-refractivity contribution in [1.29, 1.82) is 0 Å². The highest BCUT2D eigenvalue weighted by Crippen LogP contribution is 2.28. The fourth-order valence-corrected chi connectivity index (χ4v) is 2.91. The molecule has 4 rings (SSSR count). The van der Waals surface area contributed by atoms with Crippen molar-refractivity contribution in [1.82, 2.24) is 19.9 Å². The Morgan fingerprint density at radius 3 is 2.85 bits per heavy atom. The van der Waals surface area contributed by atoms with Crippen LogP contribution in [-0.4, -0.2) is 47.0 Å². The zero-order valence-electron chi connectivity index (χ0n) is 14.9. The van der Waals surface area contributed by atoms with Gasteiger partial charge in [-0.25, -0.2) is 9.97 Å². The molecule has 0 spiro atoms. The fraction of sp³-hybridized carbons (Fsp3) is 0.250. The van der Waals surface area contributed by atoms with Crippen molar-refractivity contribution in [3.05, 3.63) is 48.8 Å². The predicted octanol–water partition coefficient (Wildman–Crippen LogP) is 3.80. The van der Waals surface area contributed by atoms with Gasteiger partial charge in [0.25, 0.3) is 0 Å². The van der Waals surface area contributed by atoms with Crippen LogP contribution in [0.25, 0.3) is 33.5 Å². The minimum atomic E-state index is 0.579. The molecule has 1 aromatic carbocycles. The van der Waals surface area contributed by atoms with E-state index in [1.807, 2.05) is 36.4 Å². The van der Waals surface area contributed by atoms with Gasteiger partial charge in [-0.1, -0.05) is 18.2 Å². The molecule has 1 N–H and O–H groups in total. The summed E-state index contributed by atoms with van der Waals surface area (Å²) in [6.07, 6.45) is 4.57. The molecule has 0 aliphatic rings. The number of para-hydroxylation sites is 1. The number of pyridine rings is 1. The van der Waals surface area contributed by atoms with Crippen LogP contribution < -0.4 is 5.32 Å². The van der Waals surface area contributed by atoms with Crippen LogP contribution in [0.4, 0.5) is 5.82 Å². The number of hydrogen-bond acceptors (Lipinski definition) is 6. The van der Waals surface area contributed by atoms with E-state index in [0.29, 0.717) is 11.6 Å². The van der Waals surface area contributed by atoms with E-state index in [4.69, 9.17) is 9.40 Å². The van der Waals surface area contributed by atoms with Gasteiger partial charge in [-0.15, -0.1) is 0 Å². The van der Waals surface area contributed by atoms with Crippen molar-refractivity contribution in [2.75, 3.05) is 32.5 Å². The third-order valence-electron chi connectivity index (χ3n) is 4.22. The van der Waals surface area contributed by atoms with Gasteiger partial charge in [-0.2, -0.15) is 0 Å². The topological polar surface area (TPSA) is 67.1 Å². The fourth-order valence-electron chi connectivity index (χ4n) is 2.91. The third kappa shape index (κ3) is 3.36. The molecule has 0 fully saturated rings. The summed E-state index contributed by atoms with van der Waals surface area (Å²) in [5, 5.41) is 5.38. The first-order valence-corrected chi connectivity index (χ1v) is 8.70. The number of nitrogens with zero attached hydrogens (tertiary/aromatic N) is 4. The Bertz CT molecular complexity index is 1010. The monoisotopic (exact) mass is 347 g/mol. The Morgan fingerprint density at radius 1 is 1.12 bits per heavy atom. The average Bonchev–Trinajstić information content (AvgIpc) is 3.09. The summed E-state index contributed by atoms with van der Waals surface area (Å²) in [5.74, 6) is 2.04. The van der Waals surface area contributed by atoms with Gasteiger partial charge in [-0.05, 0) is 45.3 Å². The second kappa shape index (κ2) is 7.09. The number of hydrogen-bond donors (Lipinski definition) is 1. The van der Waals surface area contributed by atoms with E-state index >= 15 is 0 Å². The lowest BCUT2D eigenvalue weighted by molar-refractivity contribution is 0.405. The molecule has 0 saturated heterocycles. The van der Waals surface area contributed by atoms with Gasteiger partial charge in [0.15, 0.2) is 11.6 Å². The van der Waals surface area contributed by atoms with Gasteiger partial charge in [0, 0.05) is 24.3 Å². The van der Waals surface area contributed by atoms with E-state index in [9.17, 15) is 0 Å². The van der Waals surface area contributed by atoms with Crippen molar-refractivity contribution in [3.8, 4) is 11.6 Å². The molecule has 4 aromatic rings. The molecule has 6 nitrogen and oxygen atoms in total. The van der Waals surface area contributed by atoms with Gasteiger partial charge in [-0.3, -0.25) is 4.98 Å². The molecular weight excluding hydrogens is 326 g/mol. The van der Waals surface area contributed by atoms with Gasteiger partial charge in [0.05, 0.1) is 10.9 Å². The maximum atomic E-state index is 5.94. The molecule has 6 heteroatoms. The van der Waals surface area contributed by atoms with Crippen molar-refractivity contribution in [3.63, 3.8) is 0 Å². The molecule has 0 bridgehead atoms. The first kappa shape index (κ1) is 16.5. The number of rotatable bonds is 6. The number of fused-ring (bicyclic) bond motifs is 2. The maximum Gasteiger partial charge on any atom is 0.198 e. The molecule has 0 radical (unpaired) electrons. The van der Waals surface area contributed by atoms with Crippen molar-refractivity contribution in [2.24, 2.45) is 0 Å². The Hall–Kier alpha value is -2.99. The van der Waals surface area contributed by atoms with E-state index < -0.39 is 0 Å². The predicted molar refractivity (Wildman–Crippen MR) is 104 cm³/mol. The Balaban J connectivity index is 1.71. The van der Waals surface area contributed by atoms with Crippen LogP contribution in [0.1, 0.15) is 6.42 Å². The molecule has 0 saturated carbocycles. The molecule has 0 aliphatic carbocycles. The minimum absolute atomic E-state index is 0.579. The summed E-state index contributed by atoms with van der Waals surface area (Å²) < 4.78 is 5.94. The van der Waals surface area contributed by atoms with Gasteiger partial charge in [0.2, 0.25) is 0 Å². The second-order valence-corrected chi connectivity index (χ2v) is 6.52. The van der Waals surface area contributed by atoms with Gasteiger partial charge < -0.3 is 14.6 Å². The third-order valence-corrected chi connectivity index (χ3v) is 4.22. The zero-order chi connectivity index (χ0) is 17.9. The van der Waals surface area contributed by atoms with Gasteiger partial charge in [0.1, 0.15) is 11.4 Å². The van der Waals surface area contributed by atoms with Crippen LogP contribution in [0.5, 0.6) is 0 Å². The first-order valence-electron chi connectivity index (χ1n) is 8.70. The van der Waals surface area contributed by atoms with E-state index in [-0.39, 0.29) is 0 Å². The molecule has 0 amide bonds. The quantitative estimate of drug-likeness (QED) is 0.535. The molecule has 132 valence electrons. The highest BCUT2D eigenvalue weighted by atomic mass is 16.3. The molecule has 0 atom stereocenters. The highest BCUT2D eigenvalue weighted by Gasteiger charge is 2.13. The number of anilines is 1. The lowest BCUT2D eigenvalue weighted by Crippen LogP contribution is -2.16. The van der Waals surface area contributed by atoms with Crippen molar-refractivity contribution in [2.45, 2.75) is 6.42 Å². The van der Waals surface area contributed by atoms with E-state index in [1.54, 1.807) is 12.4 Å². The number of nitrogens with one attached hydrogen (secondary N) is 1. The minimum Gasteiger partial charge on any atom is -0.453 e. The average molecular weight is 347 g/mol. The van der Waals surface area contributed by atoms with Crippen molar-refractivity contribution >= 4 is 27.7 Å². The van der Waals surface area contributed by atoms with Crippen LogP contribution in [0.3, 0.4) is 0 Å². The number of benzene rings is 1. The first-order chi connectivity index (χ1) is 12.7. The molecule has 0 unspecified atom stereocenters. The van der Waals surface area contributed by atoms with Crippen LogP contribution in [0.2, 0.25) is 0 Å². The zero-order valence-corrected chi connectivity index (χ0v) is 14.9. The summed E-state index contributed by atoms with van der Waals surface area (Å²) in [4.78, 5) is 15.8. The Labute approximate surface area is 151 Å². The molecular formula is C20H21N5O. The summed E-state index contributed by atoms with van der Waals surface area (Å²) in [5.41, 5.74) is 1.68. The van der Waals surface area contributed by atoms with Gasteiger partial charge >= 0.3 is 0 Å². The summed E-state index contributed by atoms with van der Waals surface area (Å²) >= 11 is 0. The smallest absolute Gasteiger partial charge is 0.198 e.